The van der Waals surface area contributed by atoms with E-state index in [1.165, 1.54) is 12.1 Å². The molecule has 1 unspecified atom stereocenters. The molecule has 0 radical (unpaired) electrons. The molecule has 1 saturated heterocycles. The number of hydrogen-bond donors (Lipinski definition) is 0. The number of hydrogen-bond acceptors (Lipinski definition) is 5. The molecular formula is C30H35FN4O2. The average Bonchev–Trinajstić information content (AvgIpc) is 2.89. The third-order valence-electron chi connectivity index (χ3n) is 7.25. The highest BCUT2D eigenvalue weighted by molar-refractivity contribution is 5.91. The van der Waals surface area contributed by atoms with Crippen LogP contribution in [-0.2, 0) is 11.3 Å². The molecule has 7 heteroatoms. The molecule has 1 amide bonds. The maximum Gasteiger partial charge on any atom is 0.244 e. The molecule has 1 heterocycles. The minimum Gasteiger partial charge on any atom is -0.495 e. The molecule has 0 N–H and O–H groups in total. The summed E-state index contributed by atoms with van der Waals surface area (Å²) in [6.07, 6.45) is 0. The molecule has 3 aromatic carbocycles. The quantitative estimate of drug-likeness (QED) is 0.476. The number of amides is 1. The molecule has 0 spiro atoms. The van der Waals surface area contributed by atoms with Crippen LogP contribution in [-0.4, -0.2) is 66.5 Å². The second-order valence-corrected chi connectivity index (χ2v) is 10.6. The van der Waals surface area contributed by atoms with Gasteiger partial charge in [-0.1, -0.05) is 36.4 Å². The molecular weight excluding hydrogens is 467 g/mol. The highest BCUT2D eigenvalue weighted by atomic mass is 19.1. The predicted molar refractivity (Wildman–Crippen MR) is 144 cm³/mol. The second-order valence-electron chi connectivity index (χ2n) is 10.6. The first kappa shape index (κ1) is 26.6. The number of likely N-dealkylation sites (N-methyl/N-ethyl adjacent to an activating group) is 1. The Bertz CT molecular complexity index is 1300. The summed E-state index contributed by atoms with van der Waals surface area (Å²) in [5.74, 6) is 0.0765. The molecule has 1 aliphatic heterocycles. The molecule has 1 atom stereocenters. The van der Waals surface area contributed by atoms with Gasteiger partial charge >= 0.3 is 0 Å². The molecule has 0 aliphatic carbocycles. The van der Waals surface area contributed by atoms with E-state index >= 15 is 0 Å². The number of carbonyl (C=O) groups is 1. The number of methoxy groups -OCH3 is 1. The maximum atomic E-state index is 14.1. The van der Waals surface area contributed by atoms with Crippen molar-refractivity contribution in [3.8, 4) is 11.8 Å². The van der Waals surface area contributed by atoms with Gasteiger partial charge in [-0.2, -0.15) is 5.26 Å². The fourth-order valence-electron chi connectivity index (χ4n) is 5.21. The van der Waals surface area contributed by atoms with Crippen molar-refractivity contribution in [1.29, 1.82) is 5.26 Å². The van der Waals surface area contributed by atoms with Crippen molar-refractivity contribution < 1.29 is 13.9 Å². The van der Waals surface area contributed by atoms with Crippen molar-refractivity contribution in [2.45, 2.75) is 38.9 Å². The molecule has 1 aliphatic rings. The Balaban J connectivity index is 1.67. The lowest BCUT2D eigenvalue weighted by atomic mass is 9.98. The predicted octanol–water partition coefficient (Wildman–Crippen LogP) is 4.97. The number of rotatable bonds is 6. The molecule has 1 fully saturated rings. The van der Waals surface area contributed by atoms with Crippen LogP contribution in [0.2, 0.25) is 0 Å². The first-order chi connectivity index (χ1) is 17.6. The Hall–Kier alpha value is -3.47. The zero-order valence-electron chi connectivity index (χ0n) is 22.3. The van der Waals surface area contributed by atoms with Crippen LogP contribution in [0, 0.1) is 17.1 Å². The van der Waals surface area contributed by atoms with Gasteiger partial charge in [0.1, 0.15) is 23.7 Å². The Labute approximate surface area is 218 Å². The number of fused-ring (bicyclic) bond motifs is 1. The molecule has 6 nitrogen and oxygen atoms in total. The largest absolute Gasteiger partial charge is 0.495 e. The van der Waals surface area contributed by atoms with E-state index in [1.54, 1.807) is 31.2 Å². The van der Waals surface area contributed by atoms with Gasteiger partial charge in [-0.15, -0.1) is 0 Å². The van der Waals surface area contributed by atoms with E-state index in [0.29, 0.717) is 11.3 Å². The van der Waals surface area contributed by atoms with Crippen molar-refractivity contribution in [3.63, 3.8) is 0 Å². The van der Waals surface area contributed by atoms with Crippen molar-refractivity contribution in [2.75, 3.05) is 40.3 Å². The topological polar surface area (TPSA) is 59.8 Å². The molecule has 4 rings (SSSR count). The summed E-state index contributed by atoms with van der Waals surface area (Å²) in [6.45, 7) is 10.0. The highest BCUT2D eigenvalue weighted by Gasteiger charge is 2.35. The second kappa shape index (κ2) is 10.9. The maximum absolute atomic E-state index is 14.1. The fraction of sp³-hybridized carbons (Fsp3) is 0.400. The summed E-state index contributed by atoms with van der Waals surface area (Å²) in [7, 11) is 3.32. The lowest BCUT2D eigenvalue weighted by molar-refractivity contribution is -0.137. The molecule has 194 valence electrons. The SMILES string of the molecule is COc1c(C#N)cc2ccccc2c1CN(C)C(=O)C(c1ccc(F)cc1)N1CCN(C(C)(C)C)CC1. The van der Waals surface area contributed by atoms with Crippen LogP contribution in [0.5, 0.6) is 5.75 Å². The monoisotopic (exact) mass is 502 g/mol. The lowest BCUT2D eigenvalue weighted by Gasteiger charge is -2.44. The Kier molecular flexibility index (Phi) is 7.82. The van der Waals surface area contributed by atoms with Gasteiger partial charge in [-0.3, -0.25) is 14.6 Å². The number of nitrogens with zero attached hydrogens (tertiary/aromatic N) is 4. The van der Waals surface area contributed by atoms with Crippen molar-refractivity contribution in [1.82, 2.24) is 14.7 Å². The van der Waals surface area contributed by atoms with E-state index in [4.69, 9.17) is 4.74 Å². The number of nitriles is 1. The van der Waals surface area contributed by atoms with Crippen LogP contribution >= 0.6 is 0 Å². The summed E-state index contributed by atoms with van der Waals surface area (Å²) >= 11 is 0. The number of carbonyl (C=O) groups excluding carboxylic acids is 1. The van der Waals surface area contributed by atoms with Crippen LogP contribution in [0.15, 0.2) is 54.6 Å². The Morgan fingerprint density at radius 3 is 2.35 bits per heavy atom. The first-order valence-corrected chi connectivity index (χ1v) is 12.6. The van der Waals surface area contributed by atoms with Gasteiger partial charge in [0.2, 0.25) is 5.91 Å². The van der Waals surface area contributed by atoms with Crippen LogP contribution in [0.25, 0.3) is 10.8 Å². The van der Waals surface area contributed by atoms with E-state index in [2.05, 4.69) is 36.6 Å². The molecule has 0 saturated carbocycles. The average molecular weight is 503 g/mol. The lowest BCUT2D eigenvalue weighted by Crippen LogP contribution is -2.55. The van der Waals surface area contributed by atoms with Crippen LogP contribution < -0.4 is 4.74 Å². The van der Waals surface area contributed by atoms with Crippen LogP contribution in [0.1, 0.15) is 43.5 Å². The normalized spacial score (nSPS) is 15.8. The third-order valence-corrected chi connectivity index (χ3v) is 7.25. The van der Waals surface area contributed by atoms with Crippen molar-refractivity contribution in [2.24, 2.45) is 0 Å². The van der Waals surface area contributed by atoms with E-state index < -0.39 is 6.04 Å². The summed E-state index contributed by atoms with van der Waals surface area (Å²) in [4.78, 5) is 20.4. The van der Waals surface area contributed by atoms with Gasteiger partial charge in [-0.25, -0.2) is 4.39 Å². The minimum absolute atomic E-state index is 0.0572. The van der Waals surface area contributed by atoms with Crippen LogP contribution in [0.3, 0.4) is 0 Å². The Morgan fingerprint density at radius 2 is 1.76 bits per heavy atom. The van der Waals surface area contributed by atoms with Crippen LogP contribution in [0.4, 0.5) is 4.39 Å². The number of halogens is 1. The van der Waals surface area contributed by atoms with E-state index in [-0.39, 0.29) is 23.8 Å². The highest BCUT2D eigenvalue weighted by Crippen LogP contribution is 2.34. The van der Waals surface area contributed by atoms with Gasteiger partial charge in [-0.05, 0) is 55.3 Å². The van der Waals surface area contributed by atoms with Gasteiger partial charge < -0.3 is 9.64 Å². The summed E-state index contributed by atoms with van der Waals surface area (Å²) in [5.41, 5.74) is 2.06. The summed E-state index contributed by atoms with van der Waals surface area (Å²) < 4.78 is 19.4. The van der Waals surface area contributed by atoms with Gasteiger partial charge in [0.15, 0.2) is 0 Å². The van der Waals surface area contributed by atoms with E-state index in [1.807, 2.05) is 30.3 Å². The van der Waals surface area contributed by atoms with Gasteiger partial charge in [0.05, 0.1) is 12.7 Å². The Morgan fingerprint density at radius 1 is 1.11 bits per heavy atom. The first-order valence-electron chi connectivity index (χ1n) is 12.6. The molecule has 0 aromatic heterocycles. The zero-order valence-corrected chi connectivity index (χ0v) is 22.3. The molecule has 0 bridgehead atoms. The van der Waals surface area contributed by atoms with E-state index in [9.17, 15) is 14.4 Å². The fourth-order valence-corrected chi connectivity index (χ4v) is 5.21. The van der Waals surface area contributed by atoms with Crippen molar-refractivity contribution in [3.05, 3.63) is 77.1 Å². The smallest absolute Gasteiger partial charge is 0.244 e. The number of piperazine rings is 1. The standard InChI is InChI=1S/C30H35FN4O2/c1-30(2,3)35-16-14-34(15-17-35)27(21-10-12-24(31)13-11-21)29(36)33(4)20-26-25-9-7-6-8-22(25)18-23(19-32)28(26)37-5/h6-13,18,27H,14-17,20H2,1-5H3. The number of benzene rings is 3. The van der Waals surface area contributed by atoms with Gasteiger partial charge in [0.25, 0.3) is 0 Å². The summed E-state index contributed by atoms with van der Waals surface area (Å²) in [6, 6.07) is 17.5. The number of ether oxygens (including phenoxy) is 1. The molecule has 3 aromatic rings. The minimum atomic E-state index is -0.538. The third kappa shape index (κ3) is 5.61. The molecule has 37 heavy (non-hydrogen) atoms. The zero-order chi connectivity index (χ0) is 26.7. The van der Waals surface area contributed by atoms with Crippen molar-refractivity contribution >= 4 is 16.7 Å². The van der Waals surface area contributed by atoms with E-state index in [0.717, 1.165) is 48.1 Å². The summed E-state index contributed by atoms with van der Waals surface area (Å²) in [5, 5.41) is 11.6. The van der Waals surface area contributed by atoms with Gasteiger partial charge in [0, 0.05) is 50.9 Å².